The minimum atomic E-state index is -0.177. The van der Waals surface area contributed by atoms with Crippen molar-refractivity contribution in [1.82, 2.24) is 5.43 Å². The van der Waals surface area contributed by atoms with E-state index >= 15 is 0 Å². The molecule has 0 saturated heterocycles. The fraction of sp³-hybridized carbons (Fsp3) is 0.125. The van der Waals surface area contributed by atoms with Crippen LogP contribution >= 0.6 is 11.8 Å². The maximum absolute atomic E-state index is 12.3. The zero-order valence-corrected chi connectivity index (χ0v) is 17.7. The number of hydrazone groups is 1. The molecular weight excluding hydrogens is 394 g/mol. The van der Waals surface area contributed by atoms with E-state index in [9.17, 15) is 9.59 Å². The Kier molecular flexibility index (Phi) is 7.40. The third-order valence-corrected chi connectivity index (χ3v) is 5.33. The van der Waals surface area contributed by atoms with Crippen molar-refractivity contribution in [2.24, 2.45) is 5.10 Å². The predicted molar refractivity (Wildman–Crippen MR) is 123 cm³/mol. The van der Waals surface area contributed by atoms with Gasteiger partial charge in [0, 0.05) is 16.1 Å². The fourth-order valence-corrected chi connectivity index (χ4v) is 3.33. The van der Waals surface area contributed by atoms with Gasteiger partial charge in [0.2, 0.25) is 5.91 Å². The lowest BCUT2D eigenvalue weighted by atomic mass is 10.1. The third-order valence-electron chi connectivity index (χ3n) is 4.31. The van der Waals surface area contributed by atoms with Crippen LogP contribution in [0.5, 0.6) is 0 Å². The van der Waals surface area contributed by atoms with Crippen LogP contribution in [0.25, 0.3) is 0 Å². The van der Waals surface area contributed by atoms with E-state index in [1.165, 1.54) is 17.3 Å². The summed E-state index contributed by atoms with van der Waals surface area (Å²) in [5, 5.41) is 7.07. The van der Waals surface area contributed by atoms with Crippen LogP contribution in [0.1, 0.15) is 28.4 Å². The molecule has 0 saturated carbocycles. The molecule has 0 aliphatic carbocycles. The number of benzene rings is 3. The largest absolute Gasteiger partial charge is 0.322 e. The van der Waals surface area contributed by atoms with Crippen LogP contribution in [-0.4, -0.2) is 23.3 Å². The molecule has 30 heavy (non-hydrogen) atoms. The molecule has 0 aliphatic heterocycles. The Morgan fingerprint density at radius 2 is 1.60 bits per heavy atom. The number of carbonyl (C=O) groups is 2. The number of aryl methyl sites for hydroxylation is 1. The first-order valence-electron chi connectivity index (χ1n) is 9.51. The Hall–Kier alpha value is -3.38. The van der Waals surface area contributed by atoms with E-state index in [0.29, 0.717) is 17.0 Å². The minimum absolute atomic E-state index is 0.173. The molecule has 6 heteroatoms. The van der Waals surface area contributed by atoms with Gasteiger partial charge in [-0.15, -0.1) is 11.8 Å². The average molecular weight is 418 g/mol. The summed E-state index contributed by atoms with van der Waals surface area (Å²) < 4.78 is 0. The second kappa shape index (κ2) is 10.4. The predicted octanol–water partition coefficient (Wildman–Crippen LogP) is 4.88. The van der Waals surface area contributed by atoms with Gasteiger partial charge >= 0.3 is 0 Å². The fourth-order valence-electron chi connectivity index (χ4n) is 2.64. The lowest BCUT2D eigenvalue weighted by molar-refractivity contribution is -0.118. The number of hydrogen-bond acceptors (Lipinski definition) is 4. The summed E-state index contributed by atoms with van der Waals surface area (Å²) in [6.07, 6.45) is 0. The van der Waals surface area contributed by atoms with Gasteiger partial charge in [-0.2, -0.15) is 5.10 Å². The van der Waals surface area contributed by atoms with Crippen molar-refractivity contribution in [2.75, 3.05) is 11.1 Å². The zero-order valence-electron chi connectivity index (χ0n) is 16.9. The van der Waals surface area contributed by atoms with Crippen LogP contribution in [-0.2, 0) is 4.79 Å². The molecule has 0 radical (unpaired) electrons. The highest BCUT2D eigenvalue weighted by Crippen LogP contribution is 2.18. The molecule has 3 aromatic rings. The molecule has 0 fully saturated rings. The van der Waals surface area contributed by atoms with Gasteiger partial charge in [-0.3, -0.25) is 9.59 Å². The van der Waals surface area contributed by atoms with Crippen LogP contribution in [0.3, 0.4) is 0 Å². The van der Waals surface area contributed by atoms with Gasteiger partial charge in [0.15, 0.2) is 0 Å². The first-order chi connectivity index (χ1) is 14.5. The topological polar surface area (TPSA) is 70.6 Å². The molecule has 0 atom stereocenters. The van der Waals surface area contributed by atoms with E-state index in [2.05, 4.69) is 15.8 Å². The molecule has 3 aromatic carbocycles. The molecule has 0 bridgehead atoms. The van der Waals surface area contributed by atoms with E-state index in [1.807, 2.05) is 80.6 Å². The lowest BCUT2D eigenvalue weighted by Gasteiger charge is -2.08. The van der Waals surface area contributed by atoms with Crippen molar-refractivity contribution < 1.29 is 9.59 Å². The Bertz CT molecular complexity index is 1050. The first-order valence-corrected chi connectivity index (χ1v) is 10.5. The number of carbonyl (C=O) groups excluding carboxylic acids is 2. The molecule has 0 unspecified atom stereocenters. The van der Waals surface area contributed by atoms with Gasteiger partial charge < -0.3 is 5.32 Å². The third kappa shape index (κ3) is 6.32. The van der Waals surface area contributed by atoms with E-state index < -0.39 is 0 Å². The zero-order chi connectivity index (χ0) is 21.3. The van der Waals surface area contributed by atoms with Gasteiger partial charge in [0.1, 0.15) is 0 Å². The van der Waals surface area contributed by atoms with Crippen molar-refractivity contribution in [3.8, 4) is 0 Å². The van der Waals surface area contributed by atoms with E-state index in [4.69, 9.17) is 0 Å². The molecule has 2 amide bonds. The quantitative estimate of drug-likeness (QED) is 0.327. The molecule has 0 heterocycles. The summed E-state index contributed by atoms with van der Waals surface area (Å²) in [7, 11) is 0. The number of amides is 2. The number of nitrogens with zero attached hydrogens (tertiary/aromatic N) is 1. The van der Waals surface area contributed by atoms with Gasteiger partial charge in [-0.1, -0.05) is 48.0 Å². The molecule has 5 nitrogen and oxygen atoms in total. The van der Waals surface area contributed by atoms with Crippen LogP contribution < -0.4 is 10.7 Å². The van der Waals surface area contributed by atoms with Crippen molar-refractivity contribution >= 4 is 35.0 Å². The van der Waals surface area contributed by atoms with Crippen LogP contribution in [0.2, 0.25) is 0 Å². The second-order valence-corrected chi connectivity index (χ2v) is 7.78. The summed E-state index contributed by atoms with van der Waals surface area (Å²) in [6.45, 7) is 3.84. The Morgan fingerprint density at radius 1 is 0.900 bits per heavy atom. The van der Waals surface area contributed by atoms with Crippen molar-refractivity contribution in [3.05, 3.63) is 95.6 Å². The molecule has 3 rings (SSSR count). The van der Waals surface area contributed by atoms with Gasteiger partial charge in [-0.25, -0.2) is 5.43 Å². The molecule has 2 N–H and O–H groups in total. The monoisotopic (exact) mass is 417 g/mol. The van der Waals surface area contributed by atoms with Crippen LogP contribution in [0.4, 0.5) is 5.69 Å². The van der Waals surface area contributed by atoms with E-state index in [0.717, 1.165) is 10.5 Å². The van der Waals surface area contributed by atoms with Crippen LogP contribution in [0, 0.1) is 6.92 Å². The van der Waals surface area contributed by atoms with Crippen LogP contribution in [0.15, 0.2) is 88.9 Å². The van der Waals surface area contributed by atoms with Crippen molar-refractivity contribution in [3.63, 3.8) is 0 Å². The number of hydrogen-bond donors (Lipinski definition) is 2. The van der Waals surface area contributed by atoms with Gasteiger partial charge in [0.25, 0.3) is 5.91 Å². The lowest BCUT2D eigenvalue weighted by Crippen LogP contribution is -2.21. The summed E-state index contributed by atoms with van der Waals surface area (Å²) in [5.74, 6) is -0.0650. The highest BCUT2D eigenvalue weighted by molar-refractivity contribution is 8.00. The van der Waals surface area contributed by atoms with E-state index in [-0.39, 0.29) is 17.6 Å². The Labute approximate surface area is 180 Å². The second-order valence-electron chi connectivity index (χ2n) is 6.73. The smallest absolute Gasteiger partial charge is 0.255 e. The molecule has 0 aromatic heterocycles. The number of rotatable bonds is 7. The maximum Gasteiger partial charge on any atom is 0.255 e. The maximum atomic E-state index is 12.3. The normalized spacial score (nSPS) is 11.1. The van der Waals surface area contributed by atoms with Crippen molar-refractivity contribution in [2.45, 2.75) is 18.7 Å². The Morgan fingerprint density at radius 3 is 2.33 bits per heavy atom. The average Bonchev–Trinajstić information content (AvgIpc) is 2.78. The first kappa shape index (κ1) is 21.3. The molecule has 152 valence electrons. The van der Waals surface area contributed by atoms with Gasteiger partial charge in [-0.05, 0) is 55.8 Å². The highest BCUT2D eigenvalue weighted by atomic mass is 32.2. The summed E-state index contributed by atoms with van der Waals surface area (Å²) >= 11 is 1.46. The standard InChI is InChI=1S/C24H23N3O2S/c1-17-11-13-22(14-12-17)30-16-23(28)27-26-18(2)20-9-6-10-21(15-20)25-24(29)19-7-4-3-5-8-19/h3-15H,16H2,1-2H3,(H,25,29)(H,27,28). The number of anilines is 1. The number of nitrogens with one attached hydrogen (secondary N) is 2. The minimum Gasteiger partial charge on any atom is -0.322 e. The summed E-state index contributed by atoms with van der Waals surface area (Å²) in [6, 6.07) is 24.4. The van der Waals surface area contributed by atoms with Crippen molar-refractivity contribution in [1.29, 1.82) is 0 Å². The Balaban J connectivity index is 1.56. The molecular formula is C24H23N3O2S. The highest BCUT2D eigenvalue weighted by Gasteiger charge is 2.07. The summed E-state index contributed by atoms with van der Waals surface area (Å²) in [4.78, 5) is 25.4. The molecule has 0 spiro atoms. The SMILES string of the molecule is CC(=NNC(=O)CSc1ccc(C)cc1)c1cccc(NC(=O)c2ccccc2)c1. The number of thioether (sulfide) groups is 1. The molecule has 0 aliphatic rings. The van der Waals surface area contributed by atoms with E-state index in [1.54, 1.807) is 12.1 Å². The summed E-state index contributed by atoms with van der Waals surface area (Å²) in [5.41, 5.74) is 6.49. The van der Waals surface area contributed by atoms with Gasteiger partial charge in [0.05, 0.1) is 11.5 Å².